The quantitative estimate of drug-likeness (QED) is 0.638. The molecular weight excluding hydrogens is 424 g/mol. The van der Waals surface area contributed by atoms with E-state index in [0.717, 1.165) is 22.3 Å². The Balaban J connectivity index is 1.85. The van der Waals surface area contributed by atoms with E-state index < -0.39 is 29.8 Å². The first-order chi connectivity index (χ1) is 15.6. The Labute approximate surface area is 193 Å². The van der Waals surface area contributed by atoms with Gasteiger partial charge in [0, 0.05) is 5.92 Å². The number of nitrogens with two attached hydrogens (primary N) is 1. The third-order valence-corrected chi connectivity index (χ3v) is 5.40. The van der Waals surface area contributed by atoms with Gasteiger partial charge < -0.3 is 20.3 Å². The van der Waals surface area contributed by atoms with Crippen LogP contribution in [0.5, 0.6) is 0 Å². The molecule has 176 valence electrons. The van der Waals surface area contributed by atoms with Gasteiger partial charge in [-0.3, -0.25) is 0 Å². The van der Waals surface area contributed by atoms with Gasteiger partial charge in [-0.15, -0.1) is 0 Å². The van der Waals surface area contributed by atoms with Gasteiger partial charge in [-0.25, -0.2) is 14.4 Å². The van der Waals surface area contributed by atoms with E-state index in [-0.39, 0.29) is 25.5 Å². The summed E-state index contributed by atoms with van der Waals surface area (Å²) in [7, 11) is 0. The number of rotatable bonds is 7. The van der Waals surface area contributed by atoms with Crippen molar-refractivity contribution in [3.8, 4) is 11.1 Å². The first-order valence-corrected chi connectivity index (χ1v) is 10.9. The molecule has 0 bridgehead atoms. The molecule has 0 saturated heterocycles. The van der Waals surface area contributed by atoms with E-state index in [1.165, 1.54) is 0 Å². The van der Waals surface area contributed by atoms with Gasteiger partial charge in [0.15, 0.2) is 0 Å². The second-order valence-electron chi connectivity index (χ2n) is 8.94. The van der Waals surface area contributed by atoms with Gasteiger partial charge >= 0.3 is 18.2 Å². The van der Waals surface area contributed by atoms with Crippen LogP contribution in [0.1, 0.15) is 50.7 Å². The van der Waals surface area contributed by atoms with Crippen molar-refractivity contribution in [1.29, 1.82) is 0 Å². The number of hydrogen-bond donors (Lipinski definition) is 2. The van der Waals surface area contributed by atoms with E-state index >= 15 is 0 Å². The Morgan fingerprint density at radius 2 is 1.55 bits per heavy atom. The first-order valence-electron chi connectivity index (χ1n) is 10.9. The zero-order chi connectivity index (χ0) is 24.2. The smallest absolute Gasteiger partial charge is 0.420 e. The molecule has 33 heavy (non-hydrogen) atoms. The van der Waals surface area contributed by atoms with Gasteiger partial charge in [-0.1, -0.05) is 48.5 Å². The molecule has 2 aromatic rings. The number of aliphatic carboxylic acids is 1. The van der Waals surface area contributed by atoms with Crippen molar-refractivity contribution in [3.05, 3.63) is 59.7 Å². The molecule has 1 unspecified atom stereocenters. The molecule has 8 nitrogen and oxygen atoms in total. The largest absolute Gasteiger partial charge is 0.480 e. The van der Waals surface area contributed by atoms with Crippen LogP contribution in [0.2, 0.25) is 0 Å². The highest BCUT2D eigenvalue weighted by molar-refractivity contribution is 5.93. The van der Waals surface area contributed by atoms with Crippen LogP contribution in [0.3, 0.4) is 0 Å². The maximum Gasteiger partial charge on any atom is 0.420 e. The van der Waals surface area contributed by atoms with Crippen LogP contribution in [0.4, 0.5) is 9.59 Å². The van der Waals surface area contributed by atoms with Crippen molar-refractivity contribution in [2.24, 2.45) is 5.73 Å². The number of ether oxygens (including phenoxy) is 2. The summed E-state index contributed by atoms with van der Waals surface area (Å²) in [6.45, 7) is 5.08. The van der Waals surface area contributed by atoms with Crippen molar-refractivity contribution >= 4 is 18.2 Å². The van der Waals surface area contributed by atoms with Gasteiger partial charge in [0.1, 0.15) is 18.2 Å². The zero-order valence-electron chi connectivity index (χ0n) is 19.1. The van der Waals surface area contributed by atoms with Crippen molar-refractivity contribution in [2.75, 3.05) is 13.2 Å². The topological polar surface area (TPSA) is 119 Å². The summed E-state index contributed by atoms with van der Waals surface area (Å²) in [5.41, 5.74) is 8.73. The molecule has 1 aliphatic carbocycles. The molecule has 1 aliphatic rings. The number of carbonyl (C=O) groups excluding carboxylic acids is 2. The molecule has 0 heterocycles. The van der Waals surface area contributed by atoms with Crippen molar-refractivity contribution in [2.45, 2.75) is 51.2 Å². The minimum Gasteiger partial charge on any atom is -0.480 e. The lowest BCUT2D eigenvalue weighted by Crippen LogP contribution is -2.51. The molecule has 0 spiro atoms. The fourth-order valence-electron chi connectivity index (χ4n) is 3.98. The predicted octanol–water partition coefficient (Wildman–Crippen LogP) is 4.36. The Morgan fingerprint density at radius 1 is 1.00 bits per heavy atom. The number of carboxylic acids is 1. The summed E-state index contributed by atoms with van der Waals surface area (Å²) < 4.78 is 10.8. The number of carboxylic acid groups (broad SMARTS) is 1. The molecule has 0 saturated carbocycles. The minimum absolute atomic E-state index is 0.00469. The average molecular weight is 455 g/mol. The summed E-state index contributed by atoms with van der Waals surface area (Å²) in [5.74, 6) is -1.56. The second kappa shape index (κ2) is 10.0. The Kier molecular flexibility index (Phi) is 7.38. The van der Waals surface area contributed by atoms with Crippen LogP contribution in [0, 0.1) is 0 Å². The monoisotopic (exact) mass is 454 g/mol. The van der Waals surface area contributed by atoms with E-state index in [2.05, 4.69) is 0 Å². The number of nitrogens with zero attached hydrogens (tertiary/aromatic N) is 1. The molecule has 2 aromatic carbocycles. The number of hydrogen-bond acceptors (Lipinski definition) is 6. The fraction of sp³-hybridized carbons (Fsp3) is 0.400. The highest BCUT2D eigenvalue weighted by atomic mass is 16.6. The Bertz CT molecular complexity index is 984. The van der Waals surface area contributed by atoms with Crippen LogP contribution in [0.25, 0.3) is 11.1 Å². The normalized spacial score (nSPS) is 13.6. The van der Waals surface area contributed by atoms with Crippen molar-refractivity contribution in [3.63, 3.8) is 0 Å². The summed E-state index contributed by atoms with van der Waals surface area (Å²) in [6, 6.07) is 14.2. The van der Waals surface area contributed by atoms with Gasteiger partial charge in [0.25, 0.3) is 0 Å². The molecule has 2 amide bonds. The van der Waals surface area contributed by atoms with Crippen LogP contribution >= 0.6 is 0 Å². The van der Waals surface area contributed by atoms with E-state index in [9.17, 15) is 19.5 Å². The molecular formula is C25H30N2O6. The predicted molar refractivity (Wildman–Crippen MR) is 123 cm³/mol. The number of amides is 2. The third kappa shape index (κ3) is 5.51. The molecule has 8 heteroatoms. The molecule has 0 aromatic heterocycles. The van der Waals surface area contributed by atoms with Gasteiger partial charge in [0.2, 0.25) is 0 Å². The minimum atomic E-state index is -1.45. The van der Waals surface area contributed by atoms with Crippen LogP contribution in [-0.2, 0) is 14.3 Å². The van der Waals surface area contributed by atoms with Gasteiger partial charge in [0.05, 0.1) is 0 Å². The lowest BCUT2D eigenvalue weighted by molar-refractivity contribution is -0.143. The van der Waals surface area contributed by atoms with Gasteiger partial charge in [-0.05, 0) is 62.4 Å². The highest BCUT2D eigenvalue weighted by Crippen LogP contribution is 2.44. The molecule has 0 aliphatic heterocycles. The van der Waals surface area contributed by atoms with E-state index in [0.29, 0.717) is 11.3 Å². The Hall–Kier alpha value is -3.39. The number of fused-ring (bicyclic) bond motifs is 3. The number of benzene rings is 2. The number of carbonyl (C=O) groups is 3. The van der Waals surface area contributed by atoms with Gasteiger partial charge in [-0.2, -0.15) is 4.90 Å². The summed E-state index contributed by atoms with van der Waals surface area (Å²) >= 11 is 0. The van der Waals surface area contributed by atoms with E-state index in [4.69, 9.17) is 15.2 Å². The van der Waals surface area contributed by atoms with Crippen LogP contribution in [-0.4, -0.2) is 53.0 Å². The molecule has 3 N–H and O–H groups in total. The zero-order valence-corrected chi connectivity index (χ0v) is 19.1. The average Bonchev–Trinajstić information content (AvgIpc) is 3.07. The van der Waals surface area contributed by atoms with Crippen molar-refractivity contribution in [1.82, 2.24) is 4.90 Å². The lowest BCUT2D eigenvalue weighted by atomic mass is 9.98. The highest BCUT2D eigenvalue weighted by Gasteiger charge is 2.39. The van der Waals surface area contributed by atoms with Crippen LogP contribution in [0.15, 0.2) is 48.5 Å². The van der Waals surface area contributed by atoms with E-state index in [1.54, 1.807) is 20.8 Å². The standard InChI is InChI=1S/C25H30N2O6/c1-25(2,3)33-24(31)27(21(22(28)29)13-8-14-26)23(30)32-15-20-18-11-6-4-9-16(18)17-10-5-7-12-19(17)20/h4-7,9-12,20-21H,8,13-15,26H2,1-3H3,(H,28,29). The molecule has 0 fully saturated rings. The fourth-order valence-corrected chi connectivity index (χ4v) is 3.98. The van der Waals surface area contributed by atoms with E-state index in [1.807, 2.05) is 48.5 Å². The van der Waals surface area contributed by atoms with Crippen molar-refractivity contribution < 1.29 is 29.0 Å². The summed E-state index contributed by atoms with van der Waals surface area (Å²) in [4.78, 5) is 38.3. The molecule has 0 radical (unpaired) electrons. The third-order valence-electron chi connectivity index (χ3n) is 5.40. The lowest BCUT2D eigenvalue weighted by Gasteiger charge is -2.29. The summed E-state index contributed by atoms with van der Waals surface area (Å²) in [6.07, 6.45) is -1.82. The molecule has 1 atom stereocenters. The SMILES string of the molecule is CC(C)(C)OC(=O)N(C(=O)OCC1c2ccccc2-c2ccccc21)C(CCCN)C(=O)O. The second-order valence-corrected chi connectivity index (χ2v) is 8.94. The van der Waals surface area contributed by atoms with Crippen LogP contribution < -0.4 is 5.73 Å². The number of imide groups is 1. The maximum absolute atomic E-state index is 13.1. The summed E-state index contributed by atoms with van der Waals surface area (Å²) in [5, 5.41) is 9.71. The molecule has 3 rings (SSSR count). The Morgan fingerprint density at radius 3 is 2.03 bits per heavy atom. The first kappa shape index (κ1) is 24.3. The maximum atomic E-state index is 13.1.